The van der Waals surface area contributed by atoms with Crippen LogP contribution in [0.15, 0.2) is 30.4 Å². The van der Waals surface area contributed by atoms with Crippen LogP contribution in [0.2, 0.25) is 0 Å². The summed E-state index contributed by atoms with van der Waals surface area (Å²) in [6, 6.07) is 2.30. The number of sulfonamides is 1. The minimum Gasteiger partial charge on any atom is -0.444 e. The molecule has 0 bridgehead atoms. The number of carbonyl (C=O) groups is 5. The van der Waals surface area contributed by atoms with Gasteiger partial charge in [0.1, 0.15) is 35.1 Å². The zero-order valence-electron chi connectivity index (χ0n) is 29.8. The predicted molar refractivity (Wildman–Crippen MR) is 185 cm³/mol. The first-order valence-electron chi connectivity index (χ1n) is 18.1. The Morgan fingerprint density at radius 2 is 1.79 bits per heavy atom. The number of halogens is 1. The lowest BCUT2D eigenvalue weighted by Gasteiger charge is -2.30. The van der Waals surface area contributed by atoms with E-state index in [9.17, 15) is 36.8 Å². The Bertz CT molecular complexity index is 1740. The summed E-state index contributed by atoms with van der Waals surface area (Å²) >= 11 is 0. The molecule has 3 aliphatic heterocycles. The summed E-state index contributed by atoms with van der Waals surface area (Å²) in [5.41, 5.74) is -1.36. The maximum Gasteiger partial charge on any atom is 0.410 e. The molecular weight excluding hydrogens is 697 g/mol. The monoisotopic (exact) mass is 745 g/mol. The Kier molecular flexibility index (Phi) is 10.6. The van der Waals surface area contributed by atoms with Gasteiger partial charge < -0.3 is 25.0 Å². The number of nitrogens with zero attached hydrogens (tertiary/aromatic N) is 2. The van der Waals surface area contributed by atoms with Crippen molar-refractivity contribution in [3.63, 3.8) is 0 Å². The SMILES string of the molecule is CC(C)(C)OC(=O)N[C@H]1CCCCCC/C=C\[C@@H]2C[C@@]2(C(=O)NS(=O)(=O)C2CC2)NC(=O)[C@@H]2C[C@@H](OC(=O)N3Cc4cccc(F)c4C3)CN2C1=O. The zero-order chi connectivity index (χ0) is 37.4. The van der Waals surface area contributed by atoms with Crippen LogP contribution in [0.25, 0.3) is 0 Å². The topological polar surface area (TPSA) is 181 Å². The van der Waals surface area contributed by atoms with Crippen LogP contribution in [-0.2, 0) is 47.0 Å². The maximum absolute atomic E-state index is 14.4. The van der Waals surface area contributed by atoms with Crippen LogP contribution in [0, 0.1) is 11.7 Å². The Morgan fingerprint density at radius 3 is 2.50 bits per heavy atom. The van der Waals surface area contributed by atoms with Gasteiger partial charge in [0.2, 0.25) is 21.8 Å². The molecule has 0 spiro atoms. The normalized spacial score (nSPS) is 28.8. The number of hydrogen-bond acceptors (Lipinski definition) is 9. The first-order chi connectivity index (χ1) is 24.6. The summed E-state index contributed by atoms with van der Waals surface area (Å²) in [4.78, 5) is 71.0. The highest BCUT2D eigenvalue weighted by atomic mass is 32.2. The van der Waals surface area contributed by atoms with E-state index >= 15 is 0 Å². The Balaban J connectivity index is 1.25. The lowest BCUT2D eigenvalue weighted by atomic mass is 10.0. The van der Waals surface area contributed by atoms with Crippen molar-refractivity contribution >= 4 is 39.9 Å². The summed E-state index contributed by atoms with van der Waals surface area (Å²) in [5.74, 6) is -3.06. The molecule has 2 aliphatic carbocycles. The van der Waals surface area contributed by atoms with E-state index in [1.165, 1.54) is 15.9 Å². The number of carbonyl (C=O) groups excluding carboxylic acids is 5. The van der Waals surface area contributed by atoms with Crippen LogP contribution in [0.1, 0.15) is 96.1 Å². The van der Waals surface area contributed by atoms with Crippen molar-refractivity contribution in [2.45, 2.75) is 133 Å². The maximum atomic E-state index is 14.4. The number of allylic oxidation sites excluding steroid dienone is 1. The summed E-state index contributed by atoms with van der Waals surface area (Å²) in [6.07, 6.45) is 6.20. The van der Waals surface area contributed by atoms with Gasteiger partial charge in [0.25, 0.3) is 5.91 Å². The molecule has 1 saturated heterocycles. The van der Waals surface area contributed by atoms with E-state index < -0.39 is 86.2 Å². The van der Waals surface area contributed by atoms with Gasteiger partial charge in [-0.3, -0.25) is 24.0 Å². The lowest BCUT2D eigenvalue weighted by Crippen LogP contribution is -2.58. The number of amides is 5. The Morgan fingerprint density at radius 1 is 1.04 bits per heavy atom. The summed E-state index contributed by atoms with van der Waals surface area (Å²) in [6.45, 7) is 5.02. The molecule has 1 aromatic rings. The molecule has 0 aromatic heterocycles. The summed E-state index contributed by atoms with van der Waals surface area (Å²) in [7, 11) is -3.92. The van der Waals surface area contributed by atoms with Gasteiger partial charge in [-0.25, -0.2) is 22.4 Å². The molecular formula is C36H48FN5O9S. The van der Waals surface area contributed by atoms with E-state index in [4.69, 9.17) is 9.47 Å². The molecule has 52 heavy (non-hydrogen) atoms. The number of benzene rings is 1. The number of rotatable bonds is 5. The average Bonchev–Trinajstić information content (AvgIpc) is 3.94. The molecule has 1 aromatic carbocycles. The molecule has 5 atom stereocenters. The number of hydrogen-bond donors (Lipinski definition) is 3. The second kappa shape index (κ2) is 14.7. The smallest absolute Gasteiger partial charge is 0.410 e. The van der Waals surface area contributed by atoms with Crippen molar-refractivity contribution in [2.75, 3.05) is 6.54 Å². The van der Waals surface area contributed by atoms with Gasteiger partial charge in [-0.05, 0) is 70.9 Å². The zero-order valence-corrected chi connectivity index (χ0v) is 30.6. The second-order valence-corrected chi connectivity index (χ2v) is 17.5. The van der Waals surface area contributed by atoms with E-state index in [2.05, 4.69) is 15.4 Å². The van der Waals surface area contributed by atoms with Gasteiger partial charge in [-0.2, -0.15) is 0 Å². The fourth-order valence-corrected chi connectivity index (χ4v) is 8.56. The molecule has 5 amide bonds. The van der Waals surface area contributed by atoms with Crippen molar-refractivity contribution < 1.29 is 46.3 Å². The molecule has 2 saturated carbocycles. The Labute approximate surface area is 303 Å². The fraction of sp³-hybridized carbons (Fsp3) is 0.639. The number of nitrogens with one attached hydrogen (secondary N) is 3. The van der Waals surface area contributed by atoms with E-state index in [1.807, 2.05) is 12.2 Å². The van der Waals surface area contributed by atoms with Crippen LogP contribution in [-0.4, -0.2) is 89.2 Å². The predicted octanol–water partition coefficient (Wildman–Crippen LogP) is 3.53. The molecule has 6 rings (SSSR count). The second-order valence-electron chi connectivity index (χ2n) is 15.5. The third-order valence-electron chi connectivity index (χ3n) is 10.2. The highest BCUT2D eigenvalue weighted by molar-refractivity contribution is 7.91. The van der Waals surface area contributed by atoms with Gasteiger partial charge in [-0.1, -0.05) is 43.5 Å². The fourth-order valence-electron chi connectivity index (χ4n) is 7.20. The third kappa shape index (κ3) is 8.53. The molecule has 5 aliphatic rings. The number of alkyl carbamates (subject to hydrolysis) is 1. The van der Waals surface area contributed by atoms with E-state index in [-0.39, 0.29) is 38.9 Å². The van der Waals surface area contributed by atoms with Crippen LogP contribution in [0.4, 0.5) is 14.0 Å². The van der Waals surface area contributed by atoms with Gasteiger partial charge in [0.05, 0.1) is 18.3 Å². The number of fused-ring (bicyclic) bond motifs is 3. The number of ether oxygens (including phenoxy) is 2. The summed E-state index contributed by atoms with van der Waals surface area (Å²) in [5, 5.41) is 4.81. The first-order valence-corrected chi connectivity index (χ1v) is 19.7. The molecule has 3 fully saturated rings. The largest absolute Gasteiger partial charge is 0.444 e. The molecule has 3 heterocycles. The van der Waals surface area contributed by atoms with Gasteiger partial charge in [0.15, 0.2) is 0 Å². The summed E-state index contributed by atoms with van der Waals surface area (Å²) < 4.78 is 53.4. The van der Waals surface area contributed by atoms with Gasteiger partial charge >= 0.3 is 12.2 Å². The van der Waals surface area contributed by atoms with Crippen molar-refractivity contribution in [1.82, 2.24) is 25.2 Å². The highest BCUT2D eigenvalue weighted by Gasteiger charge is 2.62. The average molecular weight is 746 g/mol. The molecule has 3 N–H and O–H groups in total. The quantitative estimate of drug-likeness (QED) is 0.380. The van der Waals surface area contributed by atoms with Crippen molar-refractivity contribution in [3.05, 3.63) is 47.3 Å². The van der Waals surface area contributed by atoms with Crippen molar-refractivity contribution in [2.24, 2.45) is 5.92 Å². The van der Waals surface area contributed by atoms with Gasteiger partial charge in [-0.15, -0.1) is 0 Å². The van der Waals surface area contributed by atoms with E-state index in [0.29, 0.717) is 36.8 Å². The highest BCUT2D eigenvalue weighted by Crippen LogP contribution is 2.46. The lowest BCUT2D eigenvalue weighted by molar-refractivity contribution is -0.141. The van der Waals surface area contributed by atoms with Crippen LogP contribution < -0.4 is 15.4 Å². The molecule has 14 nitrogen and oxygen atoms in total. The van der Waals surface area contributed by atoms with Gasteiger partial charge in [0, 0.05) is 24.4 Å². The van der Waals surface area contributed by atoms with Crippen LogP contribution in [0.5, 0.6) is 0 Å². The Hall–Kier alpha value is -4.21. The molecule has 284 valence electrons. The van der Waals surface area contributed by atoms with E-state index in [0.717, 1.165) is 19.3 Å². The molecule has 16 heteroatoms. The van der Waals surface area contributed by atoms with Crippen LogP contribution >= 0.6 is 0 Å². The standard InChI is InChI=1S/C36H48FN5O9S/c1-35(2,3)51-33(46)38-28-14-9-7-5-4-6-8-12-23-18-36(23,32(45)40-52(48,49)25-15-16-25)39-30(43)29-17-24(20-42(29)31(28)44)50-34(47)41-19-22-11-10-13-27(37)26(22)21-41/h8,10-13,23-25,28-29H,4-7,9,14-21H2,1-3H3,(H,38,46)(H,39,43)(H,40,45)/b12-8-/t23-,24-,28+,29+,36-/m1/s1. The third-order valence-corrected chi connectivity index (χ3v) is 12.1. The molecule has 0 radical (unpaired) electrons. The van der Waals surface area contributed by atoms with Crippen LogP contribution in [0.3, 0.4) is 0 Å². The first kappa shape index (κ1) is 37.5. The van der Waals surface area contributed by atoms with E-state index in [1.54, 1.807) is 32.9 Å². The van der Waals surface area contributed by atoms with Crippen molar-refractivity contribution in [1.29, 1.82) is 0 Å². The van der Waals surface area contributed by atoms with Crippen molar-refractivity contribution in [3.8, 4) is 0 Å². The minimum absolute atomic E-state index is 0.00168. The minimum atomic E-state index is -3.92. The molecule has 0 unspecified atom stereocenters.